The van der Waals surface area contributed by atoms with E-state index in [0.717, 1.165) is 29.4 Å². The standard InChI is InChI=1S/C21H28N4O2.2ClH/c1-14(2)19-12-17(16-7-3-4-8-18(16)24-19)21(27)25-11-5-6-15(13-25)20(26)23-10-9-22;;/h3-4,7-8,12,14-15H,5-6,9-11,13,22H2,1-2H3,(H,23,26);2*1H. The van der Waals surface area contributed by atoms with Crippen LogP contribution in [0.3, 0.4) is 0 Å². The maximum Gasteiger partial charge on any atom is 0.254 e. The zero-order valence-electron chi connectivity index (χ0n) is 16.9. The van der Waals surface area contributed by atoms with Crippen LogP contribution in [-0.2, 0) is 4.79 Å². The Hall–Kier alpha value is -1.89. The lowest BCUT2D eigenvalue weighted by Gasteiger charge is -2.32. The fraction of sp³-hybridized carbons (Fsp3) is 0.476. The summed E-state index contributed by atoms with van der Waals surface area (Å²) in [5.74, 6) is 0.0245. The number of carbonyl (C=O) groups is 2. The average Bonchev–Trinajstić information content (AvgIpc) is 2.70. The van der Waals surface area contributed by atoms with Crippen LogP contribution in [0.1, 0.15) is 48.7 Å². The first-order chi connectivity index (χ1) is 13.0. The number of aromatic nitrogens is 1. The molecule has 2 amide bonds. The van der Waals surface area contributed by atoms with Gasteiger partial charge in [-0.15, -0.1) is 24.8 Å². The Morgan fingerprint density at radius 2 is 2.00 bits per heavy atom. The molecule has 3 rings (SSSR count). The van der Waals surface area contributed by atoms with Crippen LogP contribution in [0.2, 0.25) is 0 Å². The van der Waals surface area contributed by atoms with Crippen molar-refractivity contribution in [3.05, 3.63) is 41.6 Å². The number of amides is 2. The monoisotopic (exact) mass is 440 g/mol. The second kappa shape index (κ2) is 11.3. The molecule has 0 saturated carbocycles. The molecule has 29 heavy (non-hydrogen) atoms. The summed E-state index contributed by atoms with van der Waals surface area (Å²) >= 11 is 0. The molecule has 8 heteroatoms. The zero-order chi connectivity index (χ0) is 19.4. The number of likely N-dealkylation sites (tertiary alicyclic amines) is 1. The number of rotatable bonds is 5. The maximum atomic E-state index is 13.3. The van der Waals surface area contributed by atoms with Crippen molar-refractivity contribution in [3.63, 3.8) is 0 Å². The molecule has 1 saturated heterocycles. The minimum atomic E-state index is -0.174. The average molecular weight is 441 g/mol. The first-order valence-electron chi connectivity index (χ1n) is 9.68. The summed E-state index contributed by atoms with van der Waals surface area (Å²) in [4.78, 5) is 32.1. The van der Waals surface area contributed by atoms with Crippen molar-refractivity contribution >= 4 is 47.5 Å². The molecular weight excluding hydrogens is 411 g/mol. The number of benzene rings is 1. The molecule has 0 aliphatic carbocycles. The highest BCUT2D eigenvalue weighted by Gasteiger charge is 2.29. The Bertz CT molecular complexity index is 845. The van der Waals surface area contributed by atoms with Crippen molar-refractivity contribution in [1.29, 1.82) is 0 Å². The van der Waals surface area contributed by atoms with Crippen molar-refractivity contribution in [2.75, 3.05) is 26.2 Å². The van der Waals surface area contributed by atoms with Crippen LogP contribution in [0, 0.1) is 5.92 Å². The van der Waals surface area contributed by atoms with Crippen LogP contribution in [0.15, 0.2) is 30.3 Å². The van der Waals surface area contributed by atoms with Gasteiger partial charge in [0, 0.05) is 37.3 Å². The van der Waals surface area contributed by atoms with Gasteiger partial charge in [0.25, 0.3) is 5.91 Å². The van der Waals surface area contributed by atoms with E-state index in [1.165, 1.54) is 0 Å². The molecule has 1 aliphatic heterocycles. The maximum absolute atomic E-state index is 13.3. The molecule has 2 heterocycles. The predicted molar refractivity (Wildman–Crippen MR) is 121 cm³/mol. The van der Waals surface area contributed by atoms with Crippen LogP contribution in [-0.4, -0.2) is 47.9 Å². The van der Waals surface area contributed by atoms with Crippen molar-refractivity contribution in [2.45, 2.75) is 32.6 Å². The number of nitrogens with two attached hydrogens (primary N) is 1. The van der Waals surface area contributed by atoms with Gasteiger partial charge in [0.1, 0.15) is 0 Å². The molecule has 0 bridgehead atoms. The van der Waals surface area contributed by atoms with Crippen LogP contribution in [0.4, 0.5) is 0 Å². The number of carbonyl (C=O) groups excluding carboxylic acids is 2. The van der Waals surface area contributed by atoms with Crippen molar-refractivity contribution < 1.29 is 9.59 Å². The van der Waals surface area contributed by atoms with Crippen molar-refractivity contribution in [1.82, 2.24) is 15.2 Å². The fourth-order valence-electron chi connectivity index (χ4n) is 3.55. The molecule has 1 aromatic carbocycles. The third-order valence-electron chi connectivity index (χ3n) is 5.08. The van der Waals surface area contributed by atoms with Crippen LogP contribution in [0.25, 0.3) is 10.9 Å². The Labute approximate surface area is 184 Å². The third kappa shape index (κ3) is 5.81. The van der Waals surface area contributed by atoms with E-state index in [0.29, 0.717) is 31.7 Å². The molecule has 1 atom stereocenters. The van der Waals surface area contributed by atoms with Crippen LogP contribution in [0.5, 0.6) is 0 Å². The van der Waals surface area contributed by atoms with E-state index in [2.05, 4.69) is 19.2 Å². The summed E-state index contributed by atoms with van der Waals surface area (Å²) in [5.41, 5.74) is 7.88. The number of nitrogens with one attached hydrogen (secondary N) is 1. The van der Waals surface area contributed by atoms with Crippen LogP contribution < -0.4 is 11.1 Å². The first kappa shape index (κ1) is 25.1. The molecule has 1 aliphatic rings. The highest BCUT2D eigenvalue weighted by molar-refractivity contribution is 6.06. The summed E-state index contributed by atoms with van der Waals surface area (Å²) in [6.07, 6.45) is 1.63. The lowest BCUT2D eigenvalue weighted by Crippen LogP contribution is -2.46. The molecule has 1 unspecified atom stereocenters. The summed E-state index contributed by atoms with van der Waals surface area (Å²) in [6.45, 7) is 6.16. The second-order valence-electron chi connectivity index (χ2n) is 7.44. The van der Waals surface area contributed by atoms with Gasteiger partial charge in [-0.2, -0.15) is 0 Å². The molecule has 2 aromatic rings. The summed E-state index contributed by atoms with van der Waals surface area (Å²) in [7, 11) is 0. The molecule has 160 valence electrons. The van der Waals surface area contributed by atoms with E-state index in [4.69, 9.17) is 10.7 Å². The van der Waals surface area contributed by atoms with Gasteiger partial charge in [0.05, 0.1) is 17.0 Å². The predicted octanol–water partition coefficient (Wildman–Crippen LogP) is 3.13. The number of halogens is 2. The molecule has 1 aromatic heterocycles. The Kier molecular flexibility index (Phi) is 9.83. The normalized spacial score (nSPS) is 16.1. The number of hydrogen-bond donors (Lipinski definition) is 2. The van der Waals surface area contributed by atoms with Gasteiger partial charge in [-0.3, -0.25) is 14.6 Å². The number of para-hydroxylation sites is 1. The van der Waals surface area contributed by atoms with E-state index in [-0.39, 0.29) is 48.5 Å². The third-order valence-corrected chi connectivity index (χ3v) is 5.08. The lowest BCUT2D eigenvalue weighted by molar-refractivity contribution is -0.126. The van der Waals surface area contributed by atoms with E-state index < -0.39 is 0 Å². The minimum Gasteiger partial charge on any atom is -0.355 e. The molecule has 3 N–H and O–H groups in total. The van der Waals surface area contributed by atoms with E-state index in [9.17, 15) is 9.59 Å². The molecular formula is C21H30Cl2N4O2. The highest BCUT2D eigenvalue weighted by Crippen LogP contribution is 2.26. The SMILES string of the molecule is CC(C)c1cc(C(=O)N2CCCC(C(=O)NCCN)C2)c2ccccc2n1.Cl.Cl. The second-order valence-corrected chi connectivity index (χ2v) is 7.44. The number of hydrogen-bond acceptors (Lipinski definition) is 4. The summed E-state index contributed by atoms with van der Waals surface area (Å²) in [5, 5.41) is 3.71. The topological polar surface area (TPSA) is 88.3 Å². The Morgan fingerprint density at radius 3 is 2.69 bits per heavy atom. The van der Waals surface area contributed by atoms with Gasteiger partial charge in [0.2, 0.25) is 5.91 Å². The van der Waals surface area contributed by atoms with E-state index in [1.807, 2.05) is 35.2 Å². The smallest absolute Gasteiger partial charge is 0.254 e. The number of piperidine rings is 1. The number of fused-ring (bicyclic) bond motifs is 1. The lowest BCUT2D eigenvalue weighted by atomic mass is 9.95. The quantitative estimate of drug-likeness (QED) is 0.746. The van der Waals surface area contributed by atoms with Gasteiger partial charge in [-0.1, -0.05) is 32.0 Å². The van der Waals surface area contributed by atoms with Crippen molar-refractivity contribution in [2.24, 2.45) is 11.7 Å². The molecule has 0 spiro atoms. The van der Waals surface area contributed by atoms with Gasteiger partial charge in [0.15, 0.2) is 0 Å². The highest BCUT2D eigenvalue weighted by atomic mass is 35.5. The Morgan fingerprint density at radius 1 is 1.28 bits per heavy atom. The van der Waals surface area contributed by atoms with Crippen molar-refractivity contribution in [3.8, 4) is 0 Å². The van der Waals surface area contributed by atoms with E-state index >= 15 is 0 Å². The van der Waals surface area contributed by atoms with Crippen LogP contribution >= 0.6 is 24.8 Å². The summed E-state index contributed by atoms with van der Waals surface area (Å²) in [6, 6.07) is 9.65. The number of pyridine rings is 1. The zero-order valence-corrected chi connectivity index (χ0v) is 18.5. The van der Waals surface area contributed by atoms with Gasteiger partial charge in [-0.05, 0) is 30.9 Å². The molecule has 1 fully saturated rings. The Balaban J connectivity index is 0.00000210. The number of nitrogens with zero attached hydrogens (tertiary/aromatic N) is 2. The largest absolute Gasteiger partial charge is 0.355 e. The van der Waals surface area contributed by atoms with Gasteiger partial charge in [-0.25, -0.2) is 0 Å². The van der Waals surface area contributed by atoms with E-state index in [1.54, 1.807) is 0 Å². The van der Waals surface area contributed by atoms with Gasteiger partial charge >= 0.3 is 0 Å². The fourth-order valence-corrected chi connectivity index (χ4v) is 3.55. The first-order valence-corrected chi connectivity index (χ1v) is 9.68. The summed E-state index contributed by atoms with van der Waals surface area (Å²) < 4.78 is 0. The molecule has 6 nitrogen and oxygen atoms in total. The van der Waals surface area contributed by atoms with Gasteiger partial charge < -0.3 is 16.0 Å². The minimum absolute atomic E-state index is 0. The molecule has 0 radical (unpaired) electrons.